The molecule has 0 aliphatic carbocycles. The van der Waals surface area contributed by atoms with Gasteiger partial charge in [0.15, 0.2) is 0 Å². The molecule has 0 saturated carbocycles. The molecule has 1 aliphatic heterocycles. The molecule has 3 atom stereocenters. The summed E-state index contributed by atoms with van der Waals surface area (Å²) in [5, 5.41) is 12.5. The van der Waals surface area contributed by atoms with Gasteiger partial charge in [0, 0.05) is 61.2 Å². The predicted molar refractivity (Wildman–Crippen MR) is 144 cm³/mol. The summed E-state index contributed by atoms with van der Waals surface area (Å²) in [5.41, 5.74) is 4.01. The Morgan fingerprint density at radius 1 is 1.00 bits per heavy atom. The first-order valence-electron chi connectivity index (χ1n) is 12.7. The summed E-state index contributed by atoms with van der Waals surface area (Å²) in [5.74, 6) is -0.186. The van der Waals surface area contributed by atoms with Crippen molar-refractivity contribution in [2.24, 2.45) is 0 Å². The Labute approximate surface area is 216 Å². The van der Waals surface area contributed by atoms with Gasteiger partial charge in [0.2, 0.25) is 5.91 Å². The molecule has 2 heterocycles. The van der Waals surface area contributed by atoms with Gasteiger partial charge in [-0.15, -0.1) is 0 Å². The predicted octanol–water partition coefficient (Wildman–Crippen LogP) is 5.76. The van der Waals surface area contributed by atoms with Crippen LogP contribution in [-0.4, -0.2) is 45.6 Å². The van der Waals surface area contributed by atoms with Gasteiger partial charge in [-0.1, -0.05) is 60.7 Å². The van der Waals surface area contributed by atoms with Crippen molar-refractivity contribution in [2.75, 3.05) is 13.1 Å². The average Bonchev–Trinajstić information content (AvgIpc) is 3.24. The number of fused-ring (bicyclic) bond motifs is 1. The average molecular weight is 498 g/mol. The highest BCUT2D eigenvalue weighted by Gasteiger charge is 2.30. The first-order chi connectivity index (χ1) is 17.9. The van der Waals surface area contributed by atoms with E-state index in [1.165, 1.54) is 0 Å². The summed E-state index contributed by atoms with van der Waals surface area (Å²) in [6.07, 6.45) is 2.31. The van der Waals surface area contributed by atoms with Crippen LogP contribution in [0, 0.1) is 10.1 Å². The van der Waals surface area contributed by atoms with Crippen molar-refractivity contribution in [3.63, 3.8) is 0 Å². The Bertz CT molecular complexity index is 1390. The topological polar surface area (TPSA) is 77.6 Å². The SMILES string of the molecule is C[C@@H]1CN(C(=O)C[C@@H](c2ccccc2)c2cn(Cc3ccccc3)c3ccc([N+](=O)[O-])cc23)C[C@H](C)O1. The van der Waals surface area contributed by atoms with E-state index < -0.39 is 0 Å². The molecule has 5 rings (SSSR count). The minimum atomic E-state index is -0.364. The van der Waals surface area contributed by atoms with Crippen LogP contribution in [0.4, 0.5) is 5.69 Å². The highest BCUT2D eigenvalue weighted by Crippen LogP contribution is 2.37. The third-order valence-electron chi connectivity index (χ3n) is 7.03. The third kappa shape index (κ3) is 5.42. The molecule has 3 aromatic carbocycles. The van der Waals surface area contributed by atoms with E-state index in [1.807, 2.05) is 73.3 Å². The number of aromatic nitrogens is 1. The molecule has 0 radical (unpaired) electrons. The Kier molecular flexibility index (Phi) is 7.06. The summed E-state index contributed by atoms with van der Waals surface area (Å²) in [7, 11) is 0. The van der Waals surface area contributed by atoms with Crippen LogP contribution in [0.1, 0.15) is 42.9 Å². The molecule has 0 spiro atoms. The summed E-state index contributed by atoms with van der Waals surface area (Å²) in [4.78, 5) is 26.8. The molecule has 1 aromatic heterocycles. The first kappa shape index (κ1) is 24.7. The van der Waals surface area contributed by atoms with Crippen molar-refractivity contribution >= 4 is 22.5 Å². The number of morpholine rings is 1. The van der Waals surface area contributed by atoms with Gasteiger partial charge in [-0.05, 0) is 36.6 Å². The highest BCUT2D eigenvalue weighted by molar-refractivity contribution is 5.88. The molecule has 7 nitrogen and oxygen atoms in total. The maximum absolute atomic E-state index is 13.6. The molecule has 4 aromatic rings. The Hall–Kier alpha value is -3.97. The molecule has 1 amide bonds. The maximum Gasteiger partial charge on any atom is 0.270 e. The Morgan fingerprint density at radius 3 is 2.30 bits per heavy atom. The molecule has 0 bridgehead atoms. The van der Waals surface area contributed by atoms with Crippen molar-refractivity contribution in [1.82, 2.24) is 9.47 Å². The Morgan fingerprint density at radius 2 is 1.65 bits per heavy atom. The van der Waals surface area contributed by atoms with E-state index in [2.05, 4.69) is 22.9 Å². The van der Waals surface area contributed by atoms with E-state index in [0.717, 1.165) is 27.6 Å². The quantitative estimate of drug-likeness (QED) is 0.240. The smallest absolute Gasteiger partial charge is 0.270 e. The number of amides is 1. The maximum atomic E-state index is 13.6. The monoisotopic (exact) mass is 497 g/mol. The first-order valence-corrected chi connectivity index (χ1v) is 12.7. The van der Waals surface area contributed by atoms with Gasteiger partial charge in [-0.3, -0.25) is 14.9 Å². The number of carbonyl (C=O) groups excluding carboxylic acids is 1. The van der Waals surface area contributed by atoms with Gasteiger partial charge >= 0.3 is 0 Å². The molecule has 0 unspecified atom stereocenters. The lowest BCUT2D eigenvalue weighted by molar-refractivity contribution is -0.384. The Balaban J connectivity index is 1.59. The van der Waals surface area contributed by atoms with Crippen molar-refractivity contribution < 1.29 is 14.5 Å². The molecule has 37 heavy (non-hydrogen) atoms. The number of carbonyl (C=O) groups is 1. The minimum absolute atomic E-state index is 0.0155. The second kappa shape index (κ2) is 10.6. The van der Waals surface area contributed by atoms with E-state index in [1.54, 1.807) is 12.1 Å². The van der Waals surface area contributed by atoms with E-state index in [0.29, 0.717) is 19.6 Å². The molecule has 0 N–H and O–H groups in total. The molecule has 190 valence electrons. The number of nitro groups is 1. The number of non-ortho nitro benzene ring substituents is 1. The highest BCUT2D eigenvalue weighted by atomic mass is 16.6. The second-order valence-electron chi connectivity index (χ2n) is 9.88. The van der Waals surface area contributed by atoms with Gasteiger partial charge in [-0.25, -0.2) is 0 Å². The van der Waals surface area contributed by atoms with E-state index in [-0.39, 0.29) is 41.1 Å². The van der Waals surface area contributed by atoms with Crippen LogP contribution in [0.2, 0.25) is 0 Å². The summed E-state index contributed by atoms with van der Waals surface area (Å²) in [6, 6.07) is 25.1. The zero-order valence-electron chi connectivity index (χ0n) is 21.1. The molecule has 1 saturated heterocycles. The van der Waals surface area contributed by atoms with Gasteiger partial charge in [-0.2, -0.15) is 0 Å². The van der Waals surface area contributed by atoms with Gasteiger partial charge in [0.25, 0.3) is 5.69 Å². The van der Waals surface area contributed by atoms with Crippen LogP contribution in [0.5, 0.6) is 0 Å². The number of hydrogen-bond donors (Lipinski definition) is 0. The van der Waals surface area contributed by atoms with E-state index in [4.69, 9.17) is 4.74 Å². The standard InChI is InChI=1S/C30H31N3O4/c1-21-17-32(18-22(2)37-21)30(34)16-26(24-11-7-4-8-12-24)28-20-31(19-23-9-5-3-6-10-23)29-14-13-25(33(35)36)15-27(28)29/h3-15,20-22,26H,16-19H2,1-2H3/t21-,22+,26-/m0/s1. The van der Waals surface area contributed by atoms with Gasteiger partial charge in [0.1, 0.15) is 0 Å². The number of benzene rings is 3. The lowest BCUT2D eigenvalue weighted by Crippen LogP contribution is -2.48. The molecule has 7 heteroatoms. The molecular formula is C30H31N3O4. The fraction of sp³-hybridized carbons (Fsp3) is 0.300. The van der Waals surface area contributed by atoms with Crippen LogP contribution in [0.3, 0.4) is 0 Å². The number of hydrogen-bond acceptors (Lipinski definition) is 4. The van der Waals surface area contributed by atoms with Crippen LogP contribution >= 0.6 is 0 Å². The van der Waals surface area contributed by atoms with E-state index >= 15 is 0 Å². The van der Waals surface area contributed by atoms with Gasteiger partial charge < -0.3 is 14.2 Å². The lowest BCUT2D eigenvalue weighted by Gasteiger charge is -2.36. The third-order valence-corrected chi connectivity index (χ3v) is 7.03. The summed E-state index contributed by atoms with van der Waals surface area (Å²) >= 11 is 0. The summed E-state index contributed by atoms with van der Waals surface area (Å²) in [6.45, 7) is 5.73. The van der Waals surface area contributed by atoms with Crippen LogP contribution < -0.4 is 0 Å². The number of ether oxygens (including phenoxy) is 1. The molecular weight excluding hydrogens is 466 g/mol. The fourth-order valence-corrected chi connectivity index (χ4v) is 5.39. The normalized spacial score (nSPS) is 18.6. The number of rotatable bonds is 7. The lowest BCUT2D eigenvalue weighted by atomic mass is 9.87. The second-order valence-corrected chi connectivity index (χ2v) is 9.88. The minimum Gasteiger partial charge on any atom is -0.372 e. The zero-order chi connectivity index (χ0) is 25.9. The largest absolute Gasteiger partial charge is 0.372 e. The van der Waals surface area contributed by atoms with Crippen molar-refractivity contribution in [2.45, 2.75) is 44.9 Å². The summed E-state index contributed by atoms with van der Waals surface area (Å²) < 4.78 is 7.96. The van der Waals surface area contributed by atoms with E-state index in [9.17, 15) is 14.9 Å². The number of nitro benzene ring substituents is 1. The van der Waals surface area contributed by atoms with Crippen molar-refractivity contribution in [3.05, 3.63) is 112 Å². The van der Waals surface area contributed by atoms with Crippen LogP contribution in [-0.2, 0) is 16.1 Å². The molecule has 1 fully saturated rings. The van der Waals surface area contributed by atoms with Crippen molar-refractivity contribution in [3.8, 4) is 0 Å². The number of nitrogens with zero attached hydrogens (tertiary/aromatic N) is 3. The zero-order valence-corrected chi connectivity index (χ0v) is 21.1. The van der Waals surface area contributed by atoms with Crippen molar-refractivity contribution in [1.29, 1.82) is 0 Å². The fourth-order valence-electron chi connectivity index (χ4n) is 5.39. The van der Waals surface area contributed by atoms with Crippen LogP contribution in [0.15, 0.2) is 85.1 Å². The van der Waals surface area contributed by atoms with Gasteiger partial charge in [0.05, 0.1) is 17.1 Å². The molecule has 1 aliphatic rings. The van der Waals surface area contributed by atoms with Crippen LogP contribution in [0.25, 0.3) is 10.9 Å².